The van der Waals surface area contributed by atoms with Crippen LogP contribution >= 0.6 is 15.6 Å². The van der Waals surface area contributed by atoms with E-state index in [1.165, 1.54) is 122 Å². The molecule has 0 fully saturated rings. The van der Waals surface area contributed by atoms with Gasteiger partial charge in [0.15, 0.2) is 12.2 Å². The third-order valence-corrected chi connectivity index (χ3v) is 17.5. The predicted molar refractivity (Wildman–Crippen MR) is 349 cm³/mol. The monoisotopic (exact) mass is 1280 g/mol. The van der Waals surface area contributed by atoms with Crippen molar-refractivity contribution in [3.63, 3.8) is 0 Å². The van der Waals surface area contributed by atoms with Crippen molar-refractivity contribution < 1.29 is 80.2 Å². The summed E-state index contributed by atoms with van der Waals surface area (Å²) < 4.78 is 68.1. The lowest BCUT2D eigenvalue weighted by molar-refractivity contribution is -0.161. The van der Waals surface area contributed by atoms with Gasteiger partial charge in [-0.25, -0.2) is 9.13 Å². The van der Waals surface area contributed by atoms with Crippen LogP contribution in [0.1, 0.15) is 331 Å². The number of esters is 4. The standard InChI is InChI=1S/C68H132O17P2/c1-58(2)44-36-28-20-16-12-9-10-14-18-22-34-42-50-67(72)84-63(54-78-65(70)48-40-32-26-24-30-38-46-60(5)6)56-82-86(74,75)80-52-62(69)53-81-87(76,77)83-57-64(55-79-66(71)49-41-33-27-25-31-39-47-61(7)8)85-68(73)51-43-35-23-19-15-11-13-17-21-29-37-45-59(3)4/h58-64,69H,9-57H2,1-8H3,(H,74,75)(H,76,77)/t62-,63-,64-/m1/s1. The third-order valence-electron chi connectivity index (χ3n) is 15.6. The Kier molecular flexibility index (Phi) is 56.6. The first-order chi connectivity index (χ1) is 41.6. The Bertz CT molecular complexity index is 1730. The minimum Gasteiger partial charge on any atom is -0.462 e. The van der Waals surface area contributed by atoms with E-state index in [2.05, 4.69) is 55.4 Å². The Balaban J connectivity index is 5.22. The number of phosphoric acid groups is 2. The summed E-state index contributed by atoms with van der Waals surface area (Å²) in [5.41, 5.74) is 0. The van der Waals surface area contributed by atoms with E-state index in [9.17, 15) is 43.2 Å². The summed E-state index contributed by atoms with van der Waals surface area (Å²) in [5, 5.41) is 10.6. The highest BCUT2D eigenvalue weighted by Gasteiger charge is 2.30. The van der Waals surface area contributed by atoms with E-state index < -0.39 is 97.5 Å². The highest BCUT2D eigenvalue weighted by molar-refractivity contribution is 7.47. The smallest absolute Gasteiger partial charge is 0.462 e. The van der Waals surface area contributed by atoms with Crippen molar-refractivity contribution in [3.8, 4) is 0 Å². The molecule has 0 aliphatic carbocycles. The van der Waals surface area contributed by atoms with Gasteiger partial charge in [0.2, 0.25) is 0 Å². The molecule has 0 aromatic rings. The molecule has 0 rings (SSSR count). The summed E-state index contributed by atoms with van der Waals surface area (Å²) in [6.07, 6.45) is 39.2. The molecule has 0 spiro atoms. The first kappa shape index (κ1) is 85.1. The Hall–Kier alpha value is -1.94. The van der Waals surface area contributed by atoms with Crippen LogP contribution in [-0.2, 0) is 65.4 Å². The molecule has 0 amide bonds. The van der Waals surface area contributed by atoms with Crippen LogP contribution in [0.25, 0.3) is 0 Å². The van der Waals surface area contributed by atoms with Crippen LogP contribution in [0.2, 0.25) is 0 Å². The first-order valence-corrected chi connectivity index (χ1v) is 38.2. The molecule has 0 bridgehead atoms. The van der Waals surface area contributed by atoms with Crippen LogP contribution in [-0.4, -0.2) is 96.7 Å². The maximum atomic E-state index is 13.0. The largest absolute Gasteiger partial charge is 0.472 e. The van der Waals surface area contributed by atoms with Crippen molar-refractivity contribution in [1.29, 1.82) is 0 Å². The maximum absolute atomic E-state index is 13.0. The van der Waals surface area contributed by atoms with Gasteiger partial charge >= 0.3 is 39.5 Å². The fraction of sp³-hybridized carbons (Fsp3) is 0.941. The van der Waals surface area contributed by atoms with Gasteiger partial charge in [-0.15, -0.1) is 0 Å². The van der Waals surface area contributed by atoms with E-state index in [0.29, 0.717) is 37.5 Å². The second-order valence-corrected chi connectivity index (χ2v) is 29.4. The molecule has 87 heavy (non-hydrogen) atoms. The van der Waals surface area contributed by atoms with Gasteiger partial charge in [-0.1, -0.05) is 280 Å². The lowest BCUT2D eigenvalue weighted by Gasteiger charge is -2.21. The van der Waals surface area contributed by atoms with Crippen LogP contribution < -0.4 is 0 Å². The molecule has 3 N–H and O–H groups in total. The summed E-state index contributed by atoms with van der Waals surface area (Å²) in [5.74, 6) is 0.765. The van der Waals surface area contributed by atoms with Crippen molar-refractivity contribution in [3.05, 3.63) is 0 Å². The lowest BCUT2D eigenvalue weighted by Crippen LogP contribution is -2.30. The predicted octanol–water partition coefficient (Wildman–Crippen LogP) is 18.9. The van der Waals surface area contributed by atoms with E-state index in [-0.39, 0.29) is 25.7 Å². The van der Waals surface area contributed by atoms with Crippen molar-refractivity contribution in [2.45, 2.75) is 350 Å². The minimum atomic E-state index is -4.95. The quantitative estimate of drug-likeness (QED) is 0.0222. The number of phosphoric ester groups is 2. The average molecular weight is 1280 g/mol. The summed E-state index contributed by atoms with van der Waals surface area (Å²) >= 11 is 0. The summed E-state index contributed by atoms with van der Waals surface area (Å²) in [6, 6.07) is 0. The van der Waals surface area contributed by atoms with Gasteiger partial charge in [0.1, 0.15) is 19.3 Å². The van der Waals surface area contributed by atoms with E-state index in [1.54, 1.807) is 0 Å². The van der Waals surface area contributed by atoms with Gasteiger partial charge in [0.05, 0.1) is 26.4 Å². The number of rotatable bonds is 65. The number of carbonyl (C=O) groups excluding carboxylic acids is 4. The fourth-order valence-corrected chi connectivity index (χ4v) is 11.7. The number of aliphatic hydroxyl groups excluding tert-OH is 1. The lowest BCUT2D eigenvalue weighted by atomic mass is 10.0. The zero-order chi connectivity index (χ0) is 64.7. The van der Waals surface area contributed by atoms with Crippen LogP contribution in [0.15, 0.2) is 0 Å². The number of aliphatic hydroxyl groups is 1. The summed E-state index contributed by atoms with van der Waals surface area (Å²) in [4.78, 5) is 72.4. The van der Waals surface area contributed by atoms with E-state index in [0.717, 1.165) is 115 Å². The summed E-state index contributed by atoms with van der Waals surface area (Å²) in [7, 11) is -9.90. The second-order valence-electron chi connectivity index (χ2n) is 26.5. The molecule has 0 aromatic heterocycles. The molecule has 516 valence electrons. The van der Waals surface area contributed by atoms with Crippen LogP contribution in [0.4, 0.5) is 0 Å². The Morgan fingerprint density at radius 3 is 0.713 bits per heavy atom. The number of unbranched alkanes of at least 4 members (excludes halogenated alkanes) is 31. The van der Waals surface area contributed by atoms with Gasteiger partial charge < -0.3 is 33.8 Å². The molecule has 2 unspecified atom stereocenters. The van der Waals surface area contributed by atoms with E-state index in [4.69, 9.17) is 37.0 Å². The van der Waals surface area contributed by atoms with Crippen molar-refractivity contribution >= 4 is 39.5 Å². The average Bonchev–Trinajstić information content (AvgIpc) is 3.65. The second kappa shape index (κ2) is 57.9. The van der Waals surface area contributed by atoms with E-state index >= 15 is 0 Å². The maximum Gasteiger partial charge on any atom is 0.472 e. The molecular formula is C68H132O17P2. The van der Waals surface area contributed by atoms with Crippen molar-refractivity contribution in [2.24, 2.45) is 23.7 Å². The van der Waals surface area contributed by atoms with Gasteiger partial charge in [0, 0.05) is 25.7 Å². The molecular weight excluding hydrogens is 1150 g/mol. The SMILES string of the molecule is CC(C)CCCCCCCCCCCCCCC(=O)O[C@H](COC(=O)CCCCCCCCC(C)C)COP(=O)(O)OC[C@@H](O)COP(=O)(O)OC[C@@H](COC(=O)CCCCCCCCC(C)C)OC(=O)CCCCCCCCCCCCCC(C)C. The number of hydrogen-bond donors (Lipinski definition) is 3. The molecule has 0 heterocycles. The zero-order valence-corrected chi connectivity index (χ0v) is 58.4. The normalized spacial score (nSPS) is 14.3. The molecule has 0 aromatic carbocycles. The number of carbonyl (C=O) groups is 4. The van der Waals surface area contributed by atoms with Gasteiger partial charge in [0.25, 0.3) is 0 Å². The zero-order valence-electron chi connectivity index (χ0n) is 56.6. The molecule has 17 nitrogen and oxygen atoms in total. The van der Waals surface area contributed by atoms with E-state index in [1.807, 2.05) is 0 Å². The van der Waals surface area contributed by atoms with Crippen molar-refractivity contribution in [2.75, 3.05) is 39.6 Å². The van der Waals surface area contributed by atoms with Crippen LogP contribution in [0.3, 0.4) is 0 Å². The molecule has 5 atom stereocenters. The highest BCUT2D eigenvalue weighted by atomic mass is 31.2. The molecule has 0 aliphatic rings. The highest BCUT2D eigenvalue weighted by Crippen LogP contribution is 2.45. The Labute approximate surface area is 530 Å². The van der Waals surface area contributed by atoms with Gasteiger partial charge in [-0.3, -0.25) is 37.3 Å². The molecule has 0 aliphatic heterocycles. The number of hydrogen-bond acceptors (Lipinski definition) is 15. The molecule has 0 saturated carbocycles. The summed E-state index contributed by atoms with van der Waals surface area (Å²) in [6.45, 7) is 14.0. The topological polar surface area (TPSA) is 237 Å². The molecule has 0 saturated heterocycles. The van der Waals surface area contributed by atoms with Gasteiger partial charge in [-0.2, -0.15) is 0 Å². The fourth-order valence-electron chi connectivity index (χ4n) is 10.1. The first-order valence-electron chi connectivity index (χ1n) is 35.2. The minimum absolute atomic E-state index is 0.105. The van der Waals surface area contributed by atoms with Gasteiger partial charge in [-0.05, 0) is 49.4 Å². The third kappa shape index (κ3) is 62.6. The van der Waals surface area contributed by atoms with Crippen LogP contribution in [0.5, 0.6) is 0 Å². The molecule has 0 radical (unpaired) electrons. The number of ether oxygens (including phenoxy) is 4. The van der Waals surface area contributed by atoms with Crippen LogP contribution in [0, 0.1) is 23.7 Å². The molecule has 19 heteroatoms. The Morgan fingerprint density at radius 1 is 0.287 bits per heavy atom. The Morgan fingerprint density at radius 2 is 0.483 bits per heavy atom. The van der Waals surface area contributed by atoms with Crippen molar-refractivity contribution in [1.82, 2.24) is 0 Å².